The third kappa shape index (κ3) is 2.21. The summed E-state index contributed by atoms with van der Waals surface area (Å²) in [4.78, 5) is 39.4. The van der Waals surface area contributed by atoms with Crippen LogP contribution < -0.4 is 5.56 Å². The lowest BCUT2D eigenvalue weighted by molar-refractivity contribution is -0.150. The summed E-state index contributed by atoms with van der Waals surface area (Å²) in [6.07, 6.45) is 1.87. The van der Waals surface area contributed by atoms with Crippen LogP contribution in [-0.4, -0.2) is 40.0 Å². The zero-order valence-corrected chi connectivity index (χ0v) is 11.5. The molecule has 0 radical (unpaired) electrons. The maximum atomic E-state index is 12.3. The van der Waals surface area contributed by atoms with E-state index in [4.69, 9.17) is 0 Å². The predicted octanol–water partition coefficient (Wildman–Crippen LogP) is 0.948. The minimum absolute atomic E-state index is 0.0532. The number of aromatic amines is 1. The minimum atomic E-state index is -0.919. The predicted molar refractivity (Wildman–Crippen MR) is 72.5 cm³/mol. The van der Waals surface area contributed by atoms with Crippen LogP contribution in [0, 0.1) is 11.3 Å². The Morgan fingerprint density at radius 1 is 1.45 bits per heavy atom. The van der Waals surface area contributed by atoms with Gasteiger partial charge in [-0.2, -0.15) is 0 Å². The minimum Gasteiger partial charge on any atom is -0.481 e. The zero-order valence-electron chi connectivity index (χ0n) is 11.5. The van der Waals surface area contributed by atoms with Crippen LogP contribution in [0.5, 0.6) is 0 Å². The summed E-state index contributed by atoms with van der Waals surface area (Å²) in [7, 11) is 0. The number of H-pyrrole nitrogens is 1. The molecule has 1 aromatic rings. The number of carbonyl (C=O) groups is 2. The molecule has 1 unspecified atom stereocenters. The Morgan fingerprint density at radius 2 is 2.15 bits per heavy atom. The molecule has 1 aromatic heterocycles. The number of carbonyl (C=O) groups excluding carboxylic acids is 1. The molecular formula is C14H18N2O4. The van der Waals surface area contributed by atoms with E-state index in [9.17, 15) is 19.5 Å². The van der Waals surface area contributed by atoms with Crippen molar-refractivity contribution in [3.8, 4) is 0 Å². The van der Waals surface area contributed by atoms with Gasteiger partial charge in [-0.15, -0.1) is 0 Å². The normalized spacial score (nSPS) is 22.2. The van der Waals surface area contributed by atoms with E-state index in [-0.39, 0.29) is 18.0 Å². The Bertz CT molecular complexity index is 593. The van der Waals surface area contributed by atoms with E-state index in [1.165, 1.54) is 17.2 Å². The highest BCUT2D eigenvalue weighted by Gasteiger charge is 2.48. The van der Waals surface area contributed by atoms with Crippen LogP contribution in [-0.2, 0) is 4.79 Å². The van der Waals surface area contributed by atoms with Gasteiger partial charge in [0.05, 0.1) is 5.41 Å². The molecule has 108 valence electrons. The van der Waals surface area contributed by atoms with Crippen LogP contribution in [0.3, 0.4) is 0 Å². The van der Waals surface area contributed by atoms with E-state index in [0.29, 0.717) is 13.0 Å². The van der Waals surface area contributed by atoms with E-state index >= 15 is 0 Å². The molecule has 2 N–H and O–H groups in total. The van der Waals surface area contributed by atoms with Gasteiger partial charge in [0.2, 0.25) is 0 Å². The van der Waals surface area contributed by atoms with Crippen LogP contribution in [0.25, 0.3) is 0 Å². The average Bonchev–Trinajstić information content (AvgIpc) is 2.85. The van der Waals surface area contributed by atoms with E-state index in [2.05, 4.69) is 4.98 Å². The number of nitrogens with one attached hydrogen (secondary N) is 1. The molecule has 1 aliphatic rings. The lowest BCUT2D eigenvalue weighted by Crippen LogP contribution is -2.41. The quantitative estimate of drug-likeness (QED) is 0.861. The van der Waals surface area contributed by atoms with E-state index in [1.807, 2.05) is 13.8 Å². The molecule has 0 aliphatic carbocycles. The second-order valence-electron chi connectivity index (χ2n) is 5.51. The number of hydrogen-bond donors (Lipinski definition) is 2. The molecule has 1 aliphatic heterocycles. The van der Waals surface area contributed by atoms with Gasteiger partial charge >= 0.3 is 5.97 Å². The largest absolute Gasteiger partial charge is 0.481 e. The van der Waals surface area contributed by atoms with Crippen molar-refractivity contribution in [3.05, 3.63) is 34.2 Å². The van der Waals surface area contributed by atoms with Crippen LogP contribution in [0.4, 0.5) is 0 Å². The monoisotopic (exact) mass is 278 g/mol. The lowest BCUT2D eigenvalue weighted by Gasteiger charge is -2.28. The van der Waals surface area contributed by atoms with Gasteiger partial charge in [0.1, 0.15) is 5.56 Å². The van der Waals surface area contributed by atoms with Crippen molar-refractivity contribution in [2.45, 2.75) is 20.3 Å². The fourth-order valence-corrected chi connectivity index (χ4v) is 2.66. The summed E-state index contributed by atoms with van der Waals surface area (Å²) in [5.74, 6) is -1.37. The number of likely N-dealkylation sites (tertiary alicyclic amines) is 1. The molecule has 2 rings (SSSR count). The standard InChI is InChI=1S/C14H18N2O4/c1-9(2)14(13(19)20)5-7-16(8-14)12(18)10-4-3-6-15-11(10)17/h3-4,6,9H,5,7-8H2,1-2H3,(H,15,17)(H,19,20). The Morgan fingerprint density at radius 3 is 2.65 bits per heavy atom. The number of rotatable bonds is 3. The Hall–Kier alpha value is -2.11. The highest BCUT2D eigenvalue weighted by Crippen LogP contribution is 2.38. The van der Waals surface area contributed by atoms with Gasteiger partial charge in [0.15, 0.2) is 0 Å². The van der Waals surface area contributed by atoms with Crippen molar-refractivity contribution in [2.24, 2.45) is 11.3 Å². The molecule has 6 nitrogen and oxygen atoms in total. The summed E-state index contributed by atoms with van der Waals surface area (Å²) in [5, 5.41) is 9.45. The molecule has 0 saturated carbocycles. The summed E-state index contributed by atoms with van der Waals surface area (Å²) < 4.78 is 0. The first-order chi connectivity index (χ1) is 9.38. The average molecular weight is 278 g/mol. The summed E-state index contributed by atoms with van der Waals surface area (Å²) in [6, 6.07) is 3.04. The molecule has 1 fully saturated rings. The smallest absolute Gasteiger partial charge is 0.311 e. The van der Waals surface area contributed by atoms with E-state index in [0.717, 1.165) is 0 Å². The number of nitrogens with zero attached hydrogens (tertiary/aromatic N) is 1. The molecule has 1 saturated heterocycles. The lowest BCUT2D eigenvalue weighted by atomic mass is 9.76. The molecule has 6 heteroatoms. The van der Waals surface area contributed by atoms with Gasteiger partial charge in [-0.3, -0.25) is 14.4 Å². The molecule has 20 heavy (non-hydrogen) atoms. The van der Waals surface area contributed by atoms with E-state index < -0.39 is 22.9 Å². The molecule has 2 heterocycles. The SMILES string of the molecule is CC(C)C1(C(=O)O)CCN(C(=O)c2ccc[nH]c2=O)C1. The maximum absolute atomic E-state index is 12.3. The second kappa shape index (κ2) is 5.11. The second-order valence-corrected chi connectivity index (χ2v) is 5.51. The first-order valence-electron chi connectivity index (χ1n) is 6.59. The van der Waals surface area contributed by atoms with Gasteiger partial charge in [-0.05, 0) is 24.5 Å². The van der Waals surface area contributed by atoms with Gasteiger partial charge in [-0.1, -0.05) is 13.8 Å². The van der Waals surface area contributed by atoms with Gasteiger partial charge in [0, 0.05) is 19.3 Å². The number of aliphatic carboxylic acids is 1. The van der Waals surface area contributed by atoms with Crippen molar-refractivity contribution < 1.29 is 14.7 Å². The van der Waals surface area contributed by atoms with Crippen molar-refractivity contribution >= 4 is 11.9 Å². The van der Waals surface area contributed by atoms with Crippen molar-refractivity contribution in [2.75, 3.05) is 13.1 Å². The summed E-state index contributed by atoms with van der Waals surface area (Å²) >= 11 is 0. The van der Waals surface area contributed by atoms with Crippen LogP contribution in [0.1, 0.15) is 30.6 Å². The van der Waals surface area contributed by atoms with Crippen LogP contribution in [0.2, 0.25) is 0 Å². The van der Waals surface area contributed by atoms with Crippen molar-refractivity contribution in [1.29, 1.82) is 0 Å². The number of amides is 1. The molecular weight excluding hydrogens is 260 g/mol. The number of pyridine rings is 1. The third-order valence-electron chi connectivity index (χ3n) is 4.17. The van der Waals surface area contributed by atoms with Gasteiger partial charge < -0.3 is 15.0 Å². The third-order valence-corrected chi connectivity index (χ3v) is 4.17. The zero-order chi connectivity index (χ0) is 14.9. The highest BCUT2D eigenvalue weighted by atomic mass is 16.4. The van der Waals surface area contributed by atoms with Crippen LogP contribution in [0.15, 0.2) is 23.1 Å². The number of carboxylic acid groups (broad SMARTS) is 1. The van der Waals surface area contributed by atoms with Gasteiger partial charge in [-0.25, -0.2) is 0 Å². The van der Waals surface area contributed by atoms with Crippen molar-refractivity contribution in [3.63, 3.8) is 0 Å². The Kier molecular flexibility index (Phi) is 3.65. The van der Waals surface area contributed by atoms with Crippen LogP contribution >= 0.6 is 0 Å². The Balaban J connectivity index is 2.26. The molecule has 1 amide bonds. The number of aromatic nitrogens is 1. The van der Waals surface area contributed by atoms with E-state index in [1.54, 1.807) is 6.07 Å². The summed E-state index contributed by atoms with van der Waals surface area (Å²) in [5.41, 5.74) is -1.32. The Labute approximate surface area is 116 Å². The summed E-state index contributed by atoms with van der Waals surface area (Å²) in [6.45, 7) is 4.19. The van der Waals surface area contributed by atoms with Gasteiger partial charge in [0.25, 0.3) is 11.5 Å². The number of carboxylic acids is 1. The fourth-order valence-electron chi connectivity index (χ4n) is 2.66. The number of hydrogen-bond acceptors (Lipinski definition) is 3. The topological polar surface area (TPSA) is 90.5 Å². The molecule has 0 bridgehead atoms. The molecule has 1 atom stereocenters. The first kappa shape index (κ1) is 14.3. The maximum Gasteiger partial charge on any atom is 0.311 e. The molecule has 0 spiro atoms. The molecule has 0 aromatic carbocycles. The first-order valence-corrected chi connectivity index (χ1v) is 6.59. The highest BCUT2D eigenvalue weighted by molar-refractivity contribution is 5.94. The fraction of sp³-hybridized carbons (Fsp3) is 0.500. The van der Waals surface area contributed by atoms with Crippen molar-refractivity contribution in [1.82, 2.24) is 9.88 Å².